The van der Waals surface area contributed by atoms with Gasteiger partial charge in [0.25, 0.3) is 0 Å². The molecule has 0 aliphatic carbocycles. The van der Waals surface area contributed by atoms with Gasteiger partial charge >= 0.3 is 0 Å². The van der Waals surface area contributed by atoms with Gasteiger partial charge in [0.1, 0.15) is 11.6 Å². The van der Waals surface area contributed by atoms with Crippen LogP contribution in [0.15, 0.2) is 24.3 Å². The summed E-state index contributed by atoms with van der Waals surface area (Å²) in [5.41, 5.74) is 0.253. The monoisotopic (exact) mass is 244 g/mol. The summed E-state index contributed by atoms with van der Waals surface area (Å²) in [5.74, 6) is -0.420. The Morgan fingerprint density at radius 2 is 2.23 bits per heavy atom. The van der Waals surface area contributed by atoms with E-state index in [9.17, 15) is 9.50 Å². The minimum Gasteiger partial charge on any atom is -0.507 e. The van der Waals surface area contributed by atoms with Crippen molar-refractivity contribution in [2.24, 2.45) is 0 Å². The average Bonchev–Trinajstić information content (AvgIpc) is 2.10. The van der Waals surface area contributed by atoms with Gasteiger partial charge in [0.15, 0.2) is 0 Å². The van der Waals surface area contributed by atoms with E-state index in [4.69, 9.17) is 0 Å². The van der Waals surface area contributed by atoms with Crippen molar-refractivity contribution in [2.75, 3.05) is 5.33 Å². The molecule has 0 aromatic heterocycles. The first-order valence-electron chi connectivity index (χ1n) is 3.95. The summed E-state index contributed by atoms with van der Waals surface area (Å²) in [4.78, 5) is 0. The molecule has 0 spiro atoms. The first-order valence-corrected chi connectivity index (χ1v) is 5.08. The Labute approximate surface area is 85.0 Å². The molecular formula is C10H10BrFO. The second-order valence-corrected chi connectivity index (χ2v) is 3.35. The van der Waals surface area contributed by atoms with E-state index in [-0.39, 0.29) is 11.3 Å². The van der Waals surface area contributed by atoms with E-state index >= 15 is 0 Å². The number of hydrogen-bond acceptors (Lipinski definition) is 1. The van der Waals surface area contributed by atoms with Crippen LogP contribution in [-0.2, 0) is 0 Å². The summed E-state index contributed by atoms with van der Waals surface area (Å²) >= 11 is 3.25. The fourth-order valence-electron chi connectivity index (χ4n) is 0.955. The third-order valence-electron chi connectivity index (χ3n) is 1.59. The van der Waals surface area contributed by atoms with Crippen LogP contribution in [0.4, 0.5) is 4.39 Å². The molecule has 1 rings (SSSR count). The minimum absolute atomic E-state index is 0.0224. The van der Waals surface area contributed by atoms with Gasteiger partial charge in [-0.2, -0.15) is 0 Å². The molecule has 0 saturated heterocycles. The molecule has 1 N–H and O–H groups in total. The van der Waals surface area contributed by atoms with Crippen molar-refractivity contribution in [1.29, 1.82) is 0 Å². The zero-order valence-corrected chi connectivity index (χ0v) is 8.59. The first-order chi connectivity index (χ1) is 6.25. The highest BCUT2D eigenvalue weighted by atomic mass is 79.9. The summed E-state index contributed by atoms with van der Waals surface area (Å²) in [7, 11) is 0. The van der Waals surface area contributed by atoms with Gasteiger partial charge in [0.05, 0.1) is 5.56 Å². The highest BCUT2D eigenvalue weighted by Gasteiger charge is 2.02. The van der Waals surface area contributed by atoms with Crippen molar-refractivity contribution in [3.05, 3.63) is 35.7 Å². The maximum Gasteiger partial charge on any atom is 0.134 e. The Hall–Kier alpha value is -0.830. The van der Waals surface area contributed by atoms with E-state index in [0.717, 1.165) is 11.8 Å². The van der Waals surface area contributed by atoms with Gasteiger partial charge in [0, 0.05) is 5.33 Å². The lowest BCUT2D eigenvalue weighted by atomic mass is 10.1. The molecule has 13 heavy (non-hydrogen) atoms. The van der Waals surface area contributed by atoms with Crippen LogP contribution in [0, 0.1) is 5.82 Å². The van der Waals surface area contributed by atoms with Gasteiger partial charge in [-0.05, 0) is 18.6 Å². The van der Waals surface area contributed by atoms with Crippen LogP contribution in [-0.4, -0.2) is 10.4 Å². The van der Waals surface area contributed by atoms with Crippen LogP contribution >= 0.6 is 15.9 Å². The van der Waals surface area contributed by atoms with Crippen molar-refractivity contribution in [1.82, 2.24) is 0 Å². The Morgan fingerprint density at radius 1 is 1.46 bits per heavy atom. The molecule has 0 fully saturated rings. The van der Waals surface area contributed by atoms with Crippen molar-refractivity contribution < 1.29 is 9.50 Å². The second-order valence-electron chi connectivity index (χ2n) is 2.55. The number of hydrogen-bond donors (Lipinski definition) is 1. The quantitative estimate of drug-likeness (QED) is 0.810. The van der Waals surface area contributed by atoms with E-state index in [2.05, 4.69) is 15.9 Å². The van der Waals surface area contributed by atoms with Crippen molar-refractivity contribution in [2.45, 2.75) is 6.42 Å². The predicted molar refractivity (Wildman–Crippen MR) is 55.5 cm³/mol. The van der Waals surface area contributed by atoms with Crippen LogP contribution in [0.3, 0.4) is 0 Å². The molecular weight excluding hydrogens is 235 g/mol. The van der Waals surface area contributed by atoms with Gasteiger partial charge in [-0.15, -0.1) is 0 Å². The molecule has 0 bridgehead atoms. The molecule has 0 unspecified atom stereocenters. The number of allylic oxidation sites excluding steroid dienone is 1. The number of rotatable bonds is 3. The molecule has 0 radical (unpaired) electrons. The number of phenols is 1. The topological polar surface area (TPSA) is 20.2 Å². The van der Waals surface area contributed by atoms with E-state index in [1.807, 2.05) is 6.08 Å². The first kappa shape index (κ1) is 10.3. The molecule has 0 aliphatic rings. The smallest absolute Gasteiger partial charge is 0.134 e. The Kier molecular flexibility index (Phi) is 3.96. The zero-order chi connectivity index (χ0) is 9.68. The molecule has 1 nitrogen and oxygen atoms in total. The van der Waals surface area contributed by atoms with Gasteiger partial charge in [-0.3, -0.25) is 0 Å². The number of alkyl halides is 1. The van der Waals surface area contributed by atoms with Crippen molar-refractivity contribution in [3.63, 3.8) is 0 Å². The van der Waals surface area contributed by atoms with E-state index in [0.29, 0.717) is 0 Å². The lowest BCUT2D eigenvalue weighted by Crippen LogP contribution is -1.81. The number of phenolic OH excluding ortho intramolecular Hbond substituents is 1. The third kappa shape index (κ3) is 2.84. The van der Waals surface area contributed by atoms with E-state index in [1.165, 1.54) is 18.2 Å². The second kappa shape index (κ2) is 5.02. The molecule has 3 heteroatoms. The predicted octanol–water partition coefficient (Wildman–Crippen LogP) is 3.33. The summed E-state index contributed by atoms with van der Waals surface area (Å²) in [6.45, 7) is 0. The minimum atomic E-state index is -0.397. The van der Waals surface area contributed by atoms with E-state index < -0.39 is 5.82 Å². The SMILES string of the molecule is Oc1cccc(F)c1C=CCCBr. The summed E-state index contributed by atoms with van der Waals surface area (Å²) in [5, 5.41) is 10.1. The lowest BCUT2D eigenvalue weighted by molar-refractivity contribution is 0.467. The number of benzene rings is 1. The van der Waals surface area contributed by atoms with Gasteiger partial charge < -0.3 is 5.11 Å². The molecule has 1 aromatic rings. The summed E-state index contributed by atoms with van der Waals surface area (Å²) in [6, 6.07) is 4.27. The molecule has 0 saturated carbocycles. The molecule has 0 aliphatic heterocycles. The van der Waals surface area contributed by atoms with Crippen LogP contribution in [0.1, 0.15) is 12.0 Å². The highest BCUT2D eigenvalue weighted by molar-refractivity contribution is 9.09. The summed E-state index contributed by atoms with van der Waals surface area (Å²) < 4.78 is 13.1. The third-order valence-corrected chi connectivity index (χ3v) is 2.05. The van der Waals surface area contributed by atoms with Crippen LogP contribution in [0.2, 0.25) is 0 Å². The molecule has 0 amide bonds. The largest absolute Gasteiger partial charge is 0.507 e. The van der Waals surface area contributed by atoms with Crippen molar-refractivity contribution >= 4 is 22.0 Å². The molecule has 1 aromatic carbocycles. The van der Waals surface area contributed by atoms with Gasteiger partial charge in [0.2, 0.25) is 0 Å². The highest BCUT2D eigenvalue weighted by Crippen LogP contribution is 2.21. The Balaban J connectivity index is 2.87. The van der Waals surface area contributed by atoms with E-state index in [1.54, 1.807) is 6.08 Å². The maximum absolute atomic E-state index is 13.1. The van der Waals surface area contributed by atoms with Crippen molar-refractivity contribution in [3.8, 4) is 5.75 Å². The molecule has 70 valence electrons. The van der Waals surface area contributed by atoms with Gasteiger partial charge in [-0.1, -0.05) is 34.1 Å². The zero-order valence-electron chi connectivity index (χ0n) is 7.00. The fourth-order valence-corrected chi connectivity index (χ4v) is 1.22. The fraction of sp³-hybridized carbons (Fsp3) is 0.200. The maximum atomic E-state index is 13.1. The molecule has 0 heterocycles. The summed E-state index contributed by atoms with van der Waals surface area (Å²) in [6.07, 6.45) is 4.21. The Bertz CT molecular complexity index is 290. The lowest BCUT2D eigenvalue weighted by Gasteiger charge is -1.99. The molecule has 0 atom stereocenters. The van der Waals surface area contributed by atoms with Crippen LogP contribution < -0.4 is 0 Å². The Morgan fingerprint density at radius 3 is 2.85 bits per heavy atom. The average molecular weight is 245 g/mol. The van der Waals surface area contributed by atoms with Crippen LogP contribution in [0.25, 0.3) is 6.08 Å². The number of aromatic hydroxyl groups is 1. The normalized spacial score (nSPS) is 10.9. The standard InChI is InChI=1S/C10H10BrFO/c11-7-2-1-4-8-9(12)5-3-6-10(8)13/h1,3-6,13H,2,7H2. The number of halogens is 2. The van der Waals surface area contributed by atoms with Gasteiger partial charge in [-0.25, -0.2) is 4.39 Å². The van der Waals surface area contributed by atoms with Crippen LogP contribution in [0.5, 0.6) is 5.75 Å².